The first-order valence-electron chi connectivity index (χ1n) is 5.22. The molecule has 9 heteroatoms. The third-order valence-electron chi connectivity index (χ3n) is 2.24. The lowest BCUT2D eigenvalue weighted by atomic mass is 10.3. The third-order valence-corrected chi connectivity index (χ3v) is 3.42. The lowest BCUT2D eigenvalue weighted by molar-refractivity contribution is -0.385. The number of nitro groups is 1. The Morgan fingerprint density at radius 2 is 2.30 bits per heavy atom. The van der Waals surface area contributed by atoms with E-state index in [1.54, 1.807) is 0 Å². The van der Waals surface area contributed by atoms with Crippen molar-refractivity contribution >= 4 is 34.6 Å². The lowest BCUT2D eigenvalue weighted by Crippen LogP contribution is -2.01. The first kappa shape index (κ1) is 14.2. The van der Waals surface area contributed by atoms with Crippen LogP contribution in [0.1, 0.15) is 15.5 Å². The zero-order valence-corrected chi connectivity index (χ0v) is 11.3. The fraction of sp³-hybridized carbons (Fsp3) is 0.0909. The van der Waals surface area contributed by atoms with Crippen LogP contribution in [0.4, 0.5) is 5.69 Å². The van der Waals surface area contributed by atoms with Crippen molar-refractivity contribution in [3.8, 4) is 5.75 Å². The summed E-state index contributed by atoms with van der Waals surface area (Å²) in [6, 6.07) is 4.18. The van der Waals surface area contributed by atoms with Crippen molar-refractivity contribution in [2.75, 3.05) is 0 Å². The predicted octanol–water partition coefficient (Wildman–Crippen LogP) is 2.98. The molecule has 0 aliphatic rings. The molecule has 1 aromatic carbocycles. The van der Waals surface area contributed by atoms with Gasteiger partial charge in [-0.15, -0.1) is 11.3 Å². The normalized spacial score (nSPS) is 10.2. The van der Waals surface area contributed by atoms with Crippen LogP contribution in [-0.2, 0) is 6.61 Å². The number of hydrogen-bond donors (Lipinski definition) is 1. The van der Waals surface area contributed by atoms with Gasteiger partial charge in [-0.1, -0.05) is 17.7 Å². The molecule has 1 heterocycles. The number of hydrogen-bond acceptors (Lipinski definition) is 6. The molecule has 0 saturated carbocycles. The number of halogens is 1. The topological polar surface area (TPSA) is 103 Å². The molecule has 0 unspecified atom stereocenters. The molecule has 0 aliphatic heterocycles. The summed E-state index contributed by atoms with van der Waals surface area (Å²) >= 11 is 6.80. The van der Waals surface area contributed by atoms with Crippen LogP contribution in [0.5, 0.6) is 5.75 Å². The predicted molar refractivity (Wildman–Crippen MR) is 71.5 cm³/mol. The number of ether oxygens (including phenoxy) is 1. The average molecular weight is 315 g/mol. The van der Waals surface area contributed by atoms with Gasteiger partial charge in [-0.25, -0.2) is 9.78 Å². The van der Waals surface area contributed by atoms with Crippen molar-refractivity contribution < 1.29 is 19.6 Å². The highest BCUT2D eigenvalue weighted by molar-refractivity contribution is 7.11. The Balaban J connectivity index is 2.18. The second kappa shape index (κ2) is 5.85. The molecule has 7 nitrogen and oxygen atoms in total. The molecule has 0 bridgehead atoms. The second-order valence-corrected chi connectivity index (χ2v) is 4.85. The summed E-state index contributed by atoms with van der Waals surface area (Å²) in [4.78, 5) is 24.7. The first-order chi connectivity index (χ1) is 9.49. The third kappa shape index (κ3) is 3.03. The number of nitrogens with zero attached hydrogens (tertiary/aromatic N) is 2. The Hall–Kier alpha value is -2.19. The fourth-order valence-electron chi connectivity index (χ4n) is 1.40. The van der Waals surface area contributed by atoms with Crippen molar-refractivity contribution in [2.45, 2.75) is 6.61 Å². The number of para-hydroxylation sites is 1. The minimum atomic E-state index is -1.13. The highest BCUT2D eigenvalue weighted by Gasteiger charge is 2.19. The zero-order valence-electron chi connectivity index (χ0n) is 9.78. The summed E-state index contributed by atoms with van der Waals surface area (Å²) in [6.45, 7) is -0.103. The van der Waals surface area contributed by atoms with Gasteiger partial charge in [-0.3, -0.25) is 10.1 Å². The van der Waals surface area contributed by atoms with Gasteiger partial charge in [0.05, 0.1) is 15.6 Å². The van der Waals surface area contributed by atoms with E-state index in [9.17, 15) is 14.9 Å². The Labute approximate surface area is 121 Å². The van der Waals surface area contributed by atoms with Gasteiger partial charge < -0.3 is 9.84 Å². The van der Waals surface area contributed by atoms with E-state index in [0.29, 0.717) is 5.69 Å². The van der Waals surface area contributed by atoms with E-state index in [1.165, 1.54) is 23.6 Å². The molecular weight excluding hydrogens is 308 g/mol. The minimum Gasteiger partial charge on any atom is -0.479 e. The van der Waals surface area contributed by atoms with Crippen LogP contribution >= 0.6 is 22.9 Å². The van der Waals surface area contributed by atoms with Gasteiger partial charge >= 0.3 is 11.7 Å². The quantitative estimate of drug-likeness (QED) is 0.672. The van der Waals surface area contributed by atoms with Crippen molar-refractivity contribution in [3.05, 3.63) is 49.4 Å². The molecule has 1 aromatic heterocycles. The smallest absolute Gasteiger partial charge is 0.365 e. The molecule has 1 N–H and O–H groups in total. The van der Waals surface area contributed by atoms with E-state index < -0.39 is 10.9 Å². The van der Waals surface area contributed by atoms with Gasteiger partial charge in [0.15, 0.2) is 0 Å². The van der Waals surface area contributed by atoms with Crippen LogP contribution in [0.3, 0.4) is 0 Å². The van der Waals surface area contributed by atoms with Gasteiger partial charge in [0.1, 0.15) is 6.61 Å². The van der Waals surface area contributed by atoms with Gasteiger partial charge in [0.25, 0.3) is 0 Å². The summed E-state index contributed by atoms with van der Waals surface area (Å²) in [6.07, 6.45) is 0. The molecule has 0 fully saturated rings. The van der Waals surface area contributed by atoms with Crippen molar-refractivity contribution in [3.63, 3.8) is 0 Å². The van der Waals surface area contributed by atoms with E-state index in [0.717, 1.165) is 11.3 Å². The van der Waals surface area contributed by atoms with Gasteiger partial charge in [0, 0.05) is 11.4 Å². The molecule has 0 amide bonds. The number of carboxylic acid groups (broad SMARTS) is 1. The molecule has 0 spiro atoms. The summed E-state index contributed by atoms with van der Waals surface area (Å²) in [5.41, 5.74) is 0.104. The second-order valence-electron chi connectivity index (χ2n) is 3.58. The largest absolute Gasteiger partial charge is 0.479 e. The van der Waals surface area contributed by atoms with Crippen molar-refractivity contribution in [1.29, 1.82) is 0 Å². The molecule has 0 aliphatic carbocycles. The average Bonchev–Trinajstić information content (AvgIpc) is 2.86. The Morgan fingerprint density at radius 3 is 2.90 bits per heavy atom. The Kier molecular flexibility index (Phi) is 4.16. The number of nitro benzene ring substituents is 1. The van der Waals surface area contributed by atoms with Crippen LogP contribution in [-0.4, -0.2) is 21.0 Å². The first-order valence-corrected chi connectivity index (χ1v) is 6.48. The maximum Gasteiger partial charge on any atom is 0.365 e. The summed E-state index contributed by atoms with van der Waals surface area (Å²) in [7, 11) is 0. The highest BCUT2D eigenvalue weighted by atomic mass is 35.5. The molecule has 2 aromatic rings. The SMILES string of the molecule is O=C(O)c1nc(COc2c(Cl)cccc2[N+](=O)[O-])cs1. The van der Waals surface area contributed by atoms with E-state index in [-0.39, 0.29) is 28.1 Å². The lowest BCUT2D eigenvalue weighted by Gasteiger charge is -2.06. The van der Waals surface area contributed by atoms with Gasteiger partial charge in [-0.2, -0.15) is 0 Å². The maximum atomic E-state index is 10.9. The molecule has 20 heavy (non-hydrogen) atoms. The van der Waals surface area contributed by atoms with Gasteiger partial charge in [0.2, 0.25) is 10.8 Å². The van der Waals surface area contributed by atoms with Crippen LogP contribution in [0.2, 0.25) is 5.02 Å². The number of aromatic nitrogens is 1. The van der Waals surface area contributed by atoms with E-state index in [2.05, 4.69) is 4.98 Å². The molecule has 2 rings (SSSR count). The van der Waals surface area contributed by atoms with E-state index >= 15 is 0 Å². The summed E-state index contributed by atoms with van der Waals surface area (Å²) < 4.78 is 5.29. The van der Waals surface area contributed by atoms with Crippen molar-refractivity contribution in [1.82, 2.24) is 4.98 Å². The van der Waals surface area contributed by atoms with Crippen molar-refractivity contribution in [2.24, 2.45) is 0 Å². The van der Waals surface area contributed by atoms with Crippen LogP contribution in [0, 0.1) is 10.1 Å². The molecule has 0 saturated heterocycles. The summed E-state index contributed by atoms with van der Waals surface area (Å²) in [5.74, 6) is -1.20. The molecular formula is C11H7ClN2O5S. The zero-order chi connectivity index (χ0) is 14.7. The number of rotatable bonds is 5. The highest BCUT2D eigenvalue weighted by Crippen LogP contribution is 2.34. The van der Waals surface area contributed by atoms with E-state index in [1.807, 2.05) is 0 Å². The number of thiazole rings is 1. The standard InChI is InChI=1S/C11H7ClN2O5S/c12-7-2-1-3-8(14(17)18)9(7)19-4-6-5-20-10(13-6)11(15)16/h1-3,5H,4H2,(H,15,16). The number of carboxylic acids is 1. The number of aromatic carboxylic acids is 1. The molecule has 0 atom stereocenters. The van der Waals surface area contributed by atoms with E-state index in [4.69, 9.17) is 21.4 Å². The number of carbonyl (C=O) groups is 1. The Morgan fingerprint density at radius 1 is 1.55 bits per heavy atom. The van der Waals surface area contributed by atoms with Gasteiger partial charge in [-0.05, 0) is 6.07 Å². The maximum absolute atomic E-state index is 10.9. The monoisotopic (exact) mass is 314 g/mol. The Bertz CT molecular complexity index is 673. The molecule has 0 radical (unpaired) electrons. The van der Waals surface area contributed by atoms with Crippen LogP contribution < -0.4 is 4.74 Å². The van der Waals surface area contributed by atoms with Crippen LogP contribution in [0.15, 0.2) is 23.6 Å². The fourth-order valence-corrected chi connectivity index (χ4v) is 2.27. The molecule has 104 valence electrons. The minimum absolute atomic E-state index is 0.0657. The summed E-state index contributed by atoms with van der Waals surface area (Å²) in [5, 5.41) is 21.1. The number of benzene rings is 1. The van der Waals surface area contributed by atoms with Crippen LogP contribution in [0.25, 0.3) is 0 Å².